The van der Waals surface area contributed by atoms with Crippen molar-refractivity contribution in [2.75, 3.05) is 14.2 Å². The Hall–Kier alpha value is -3.16. The first kappa shape index (κ1) is 15.4. The summed E-state index contributed by atoms with van der Waals surface area (Å²) in [7, 11) is 3.14. The summed E-state index contributed by atoms with van der Waals surface area (Å²) in [4.78, 5) is 12.2. The SMILES string of the molecule is COc1ccc(OC)c(-c2nnc(-c3n[nH]c4c3C(=O)CCC4)o2)c1. The Labute approximate surface area is 143 Å². The third-order valence-corrected chi connectivity index (χ3v) is 4.22. The van der Waals surface area contributed by atoms with Gasteiger partial charge in [0, 0.05) is 12.1 Å². The molecule has 0 bridgehead atoms. The lowest BCUT2D eigenvalue weighted by atomic mass is 9.94. The molecule has 0 spiro atoms. The number of hydrogen-bond donors (Lipinski definition) is 1. The van der Waals surface area contributed by atoms with Crippen LogP contribution in [0.3, 0.4) is 0 Å². The smallest absolute Gasteiger partial charge is 0.269 e. The van der Waals surface area contributed by atoms with E-state index in [2.05, 4.69) is 20.4 Å². The number of nitrogens with zero attached hydrogens (tertiary/aromatic N) is 3. The van der Waals surface area contributed by atoms with Gasteiger partial charge in [0.15, 0.2) is 11.5 Å². The van der Waals surface area contributed by atoms with Gasteiger partial charge in [0.05, 0.1) is 25.3 Å². The van der Waals surface area contributed by atoms with Crippen LogP contribution < -0.4 is 9.47 Å². The quantitative estimate of drug-likeness (QED) is 0.778. The number of aromatic amines is 1. The van der Waals surface area contributed by atoms with Crippen LogP contribution >= 0.6 is 0 Å². The molecule has 0 radical (unpaired) electrons. The molecule has 0 aliphatic heterocycles. The molecule has 0 saturated carbocycles. The normalized spacial score (nSPS) is 13.6. The standard InChI is InChI=1S/C17H16N4O4/c1-23-9-6-7-13(24-2)10(8-9)16-20-21-17(25-16)15-14-11(18-19-15)4-3-5-12(14)22/h6-8H,3-5H2,1-2H3,(H,18,19). The monoisotopic (exact) mass is 340 g/mol. The van der Waals surface area contributed by atoms with Gasteiger partial charge < -0.3 is 13.9 Å². The van der Waals surface area contributed by atoms with E-state index in [0.717, 1.165) is 18.5 Å². The molecule has 0 saturated heterocycles. The number of carbonyl (C=O) groups excluding carboxylic acids is 1. The van der Waals surface area contributed by atoms with Crippen molar-refractivity contribution in [2.24, 2.45) is 0 Å². The van der Waals surface area contributed by atoms with E-state index < -0.39 is 0 Å². The number of nitrogens with one attached hydrogen (secondary N) is 1. The summed E-state index contributed by atoms with van der Waals surface area (Å²) in [5, 5.41) is 15.2. The zero-order valence-electron chi connectivity index (χ0n) is 13.8. The van der Waals surface area contributed by atoms with E-state index in [0.29, 0.717) is 34.7 Å². The van der Waals surface area contributed by atoms with Crippen LogP contribution in [0.5, 0.6) is 11.5 Å². The highest BCUT2D eigenvalue weighted by Crippen LogP contribution is 2.35. The lowest BCUT2D eigenvalue weighted by Gasteiger charge is -2.08. The summed E-state index contributed by atoms with van der Waals surface area (Å²) in [6, 6.07) is 5.29. The van der Waals surface area contributed by atoms with Crippen molar-refractivity contribution < 1.29 is 18.7 Å². The molecule has 1 aromatic carbocycles. The zero-order chi connectivity index (χ0) is 17.4. The van der Waals surface area contributed by atoms with Gasteiger partial charge in [0.2, 0.25) is 0 Å². The van der Waals surface area contributed by atoms with Crippen molar-refractivity contribution in [3.63, 3.8) is 0 Å². The average Bonchev–Trinajstić information content (AvgIpc) is 3.28. The van der Waals surface area contributed by atoms with Crippen molar-refractivity contribution >= 4 is 5.78 Å². The highest BCUT2D eigenvalue weighted by molar-refractivity contribution is 6.02. The summed E-state index contributed by atoms with van der Waals surface area (Å²) < 4.78 is 16.4. The number of aryl methyl sites for hydroxylation is 1. The molecule has 3 aromatic rings. The van der Waals surface area contributed by atoms with Gasteiger partial charge in [-0.25, -0.2) is 0 Å². The van der Waals surface area contributed by atoms with Gasteiger partial charge in [-0.1, -0.05) is 0 Å². The molecule has 0 amide bonds. The Balaban J connectivity index is 1.77. The highest BCUT2D eigenvalue weighted by atomic mass is 16.5. The molecule has 4 rings (SSSR count). The molecule has 1 aliphatic carbocycles. The van der Waals surface area contributed by atoms with Gasteiger partial charge in [-0.05, 0) is 31.0 Å². The second-order valence-corrected chi connectivity index (χ2v) is 5.68. The number of methoxy groups -OCH3 is 2. The molecular formula is C17H16N4O4. The first-order valence-corrected chi connectivity index (χ1v) is 7.88. The van der Waals surface area contributed by atoms with Crippen molar-refractivity contribution in [2.45, 2.75) is 19.3 Å². The minimum atomic E-state index is 0.0451. The lowest BCUT2D eigenvalue weighted by Crippen LogP contribution is -2.10. The number of hydrogen-bond acceptors (Lipinski definition) is 7. The lowest BCUT2D eigenvalue weighted by molar-refractivity contribution is 0.0973. The maximum absolute atomic E-state index is 12.2. The van der Waals surface area contributed by atoms with Crippen LogP contribution in [-0.2, 0) is 6.42 Å². The zero-order valence-corrected chi connectivity index (χ0v) is 13.8. The predicted octanol–water partition coefficient (Wildman–Crippen LogP) is 2.66. The summed E-state index contributed by atoms with van der Waals surface area (Å²) in [6.45, 7) is 0. The molecule has 0 atom stereocenters. The van der Waals surface area contributed by atoms with Crippen LogP contribution in [0.1, 0.15) is 28.9 Å². The maximum Gasteiger partial charge on any atom is 0.269 e. The van der Waals surface area contributed by atoms with Gasteiger partial charge >= 0.3 is 0 Å². The molecule has 1 aliphatic rings. The Morgan fingerprint density at radius 2 is 1.96 bits per heavy atom. The molecule has 0 fully saturated rings. The number of benzene rings is 1. The fourth-order valence-corrected chi connectivity index (χ4v) is 2.97. The number of H-pyrrole nitrogens is 1. The van der Waals surface area contributed by atoms with Crippen LogP contribution in [-0.4, -0.2) is 40.4 Å². The number of rotatable bonds is 4. The molecule has 0 unspecified atom stereocenters. The van der Waals surface area contributed by atoms with Crippen molar-refractivity contribution in [1.29, 1.82) is 0 Å². The van der Waals surface area contributed by atoms with Gasteiger partial charge in [-0.2, -0.15) is 5.10 Å². The van der Waals surface area contributed by atoms with Crippen LogP contribution in [0.15, 0.2) is 22.6 Å². The van der Waals surface area contributed by atoms with E-state index in [4.69, 9.17) is 13.9 Å². The Morgan fingerprint density at radius 1 is 1.12 bits per heavy atom. The van der Waals surface area contributed by atoms with E-state index >= 15 is 0 Å². The topological polar surface area (TPSA) is 103 Å². The van der Waals surface area contributed by atoms with Gasteiger partial charge in [0.1, 0.15) is 11.5 Å². The van der Waals surface area contributed by atoms with Gasteiger partial charge in [-0.15, -0.1) is 10.2 Å². The van der Waals surface area contributed by atoms with E-state index in [1.165, 1.54) is 0 Å². The molecule has 2 aromatic heterocycles. The maximum atomic E-state index is 12.2. The van der Waals surface area contributed by atoms with E-state index in [-0.39, 0.29) is 17.6 Å². The second kappa shape index (κ2) is 6.04. The van der Waals surface area contributed by atoms with E-state index in [9.17, 15) is 4.79 Å². The fourth-order valence-electron chi connectivity index (χ4n) is 2.97. The third-order valence-electron chi connectivity index (χ3n) is 4.22. The average molecular weight is 340 g/mol. The third kappa shape index (κ3) is 2.55. The molecular weight excluding hydrogens is 324 g/mol. The van der Waals surface area contributed by atoms with E-state index in [1.54, 1.807) is 32.4 Å². The number of Topliss-reactive ketones (excluding diaryl/α,β-unsaturated/α-hetero) is 1. The number of aromatic nitrogens is 4. The van der Waals surface area contributed by atoms with E-state index in [1.807, 2.05) is 0 Å². The minimum Gasteiger partial charge on any atom is -0.497 e. The summed E-state index contributed by atoms with van der Waals surface area (Å²) >= 11 is 0. The number of carbonyl (C=O) groups is 1. The second-order valence-electron chi connectivity index (χ2n) is 5.68. The van der Waals surface area contributed by atoms with Crippen LogP contribution in [0.4, 0.5) is 0 Å². The van der Waals surface area contributed by atoms with Crippen LogP contribution in [0, 0.1) is 0 Å². The van der Waals surface area contributed by atoms with Crippen molar-refractivity contribution in [3.8, 4) is 34.5 Å². The summed E-state index contributed by atoms with van der Waals surface area (Å²) in [5.41, 5.74) is 2.39. The molecule has 8 nitrogen and oxygen atoms in total. The van der Waals surface area contributed by atoms with Gasteiger partial charge in [-0.3, -0.25) is 9.89 Å². The Kier molecular flexibility index (Phi) is 3.72. The molecule has 1 N–H and O–H groups in total. The largest absolute Gasteiger partial charge is 0.497 e. The van der Waals surface area contributed by atoms with Crippen LogP contribution in [0.2, 0.25) is 0 Å². The summed E-state index contributed by atoms with van der Waals surface area (Å²) in [5.74, 6) is 1.74. The minimum absolute atomic E-state index is 0.0451. The molecule has 8 heteroatoms. The van der Waals surface area contributed by atoms with Crippen LogP contribution in [0.25, 0.3) is 23.0 Å². The van der Waals surface area contributed by atoms with Crippen molar-refractivity contribution in [3.05, 3.63) is 29.5 Å². The van der Waals surface area contributed by atoms with Crippen molar-refractivity contribution in [1.82, 2.24) is 20.4 Å². The number of ketones is 1. The molecule has 25 heavy (non-hydrogen) atoms. The fraction of sp³-hybridized carbons (Fsp3) is 0.294. The first-order chi connectivity index (χ1) is 12.2. The molecule has 2 heterocycles. The van der Waals surface area contributed by atoms with Gasteiger partial charge in [0.25, 0.3) is 11.8 Å². The summed E-state index contributed by atoms with van der Waals surface area (Å²) in [6.07, 6.45) is 2.12. The Morgan fingerprint density at radius 3 is 2.76 bits per heavy atom. The predicted molar refractivity (Wildman–Crippen MR) is 87.7 cm³/mol. The first-order valence-electron chi connectivity index (χ1n) is 7.88. The molecule has 128 valence electrons. The number of ether oxygens (including phenoxy) is 2. The number of fused-ring (bicyclic) bond motifs is 1. The highest BCUT2D eigenvalue weighted by Gasteiger charge is 2.28. The Bertz CT molecular complexity index is 944.